The Bertz CT molecular complexity index is 1090. The molecule has 0 spiro atoms. The van der Waals surface area contributed by atoms with Crippen molar-refractivity contribution in [3.05, 3.63) is 91.8 Å². The summed E-state index contributed by atoms with van der Waals surface area (Å²) >= 11 is 0. The van der Waals surface area contributed by atoms with Gasteiger partial charge in [-0.25, -0.2) is 18.4 Å². The van der Waals surface area contributed by atoms with Gasteiger partial charge in [0.05, 0.1) is 11.9 Å². The molecule has 33 heavy (non-hydrogen) atoms. The topological polar surface area (TPSA) is 69.2 Å². The van der Waals surface area contributed by atoms with E-state index in [0.717, 1.165) is 10.4 Å². The third-order valence-electron chi connectivity index (χ3n) is 5.83. The van der Waals surface area contributed by atoms with Crippen molar-refractivity contribution in [3.63, 3.8) is 0 Å². The fourth-order valence-electron chi connectivity index (χ4n) is 4.19. The molecule has 3 rings (SSSR count). The van der Waals surface area contributed by atoms with Crippen molar-refractivity contribution in [1.29, 1.82) is 0 Å². The van der Waals surface area contributed by atoms with Crippen molar-refractivity contribution < 1.29 is 12.8 Å². The van der Waals surface area contributed by atoms with Gasteiger partial charge in [0, 0.05) is 12.4 Å². The Labute approximate surface area is 198 Å². The standard InChI is InChI=1S/C26H32N2O3SSi/c1-5-6-14-22(32(29,30)25-27-19-13-20-28-25)21-31-33(26(2,3)4,23-15-9-7-10-16-23)24-17-11-8-12-18-24/h5,7-13,15-20,22H,1,6,14,21H2,2-4H3. The van der Waals surface area contributed by atoms with Gasteiger partial charge in [-0.2, -0.15) is 0 Å². The van der Waals surface area contributed by atoms with Crippen molar-refractivity contribution in [3.8, 4) is 0 Å². The smallest absolute Gasteiger partial charge is 0.261 e. The van der Waals surface area contributed by atoms with Crippen molar-refractivity contribution in [2.45, 2.75) is 49.1 Å². The SMILES string of the molecule is C=CCCC(CO[Si](c1ccccc1)(c1ccccc1)C(C)(C)C)S(=O)(=O)c1ncccn1. The molecule has 0 aliphatic carbocycles. The van der Waals surface area contributed by atoms with Crippen molar-refractivity contribution in [1.82, 2.24) is 9.97 Å². The zero-order chi connectivity index (χ0) is 24.0. The van der Waals surface area contributed by atoms with Gasteiger partial charge in [-0.05, 0) is 34.3 Å². The minimum absolute atomic E-state index is 0.0573. The molecule has 1 aromatic heterocycles. The fraction of sp³-hybridized carbons (Fsp3) is 0.308. The molecule has 5 nitrogen and oxygen atoms in total. The largest absolute Gasteiger partial charge is 0.406 e. The second-order valence-corrected chi connectivity index (χ2v) is 15.5. The summed E-state index contributed by atoms with van der Waals surface area (Å²) in [6.45, 7) is 10.3. The van der Waals surface area contributed by atoms with Gasteiger partial charge in [0.2, 0.25) is 15.0 Å². The third-order valence-corrected chi connectivity index (χ3v) is 12.8. The first kappa shape index (κ1) is 25.0. The first-order valence-electron chi connectivity index (χ1n) is 11.1. The van der Waals surface area contributed by atoms with Gasteiger partial charge >= 0.3 is 0 Å². The summed E-state index contributed by atoms with van der Waals surface area (Å²) < 4.78 is 33.8. The second kappa shape index (κ2) is 10.5. The number of benzene rings is 2. The number of rotatable bonds is 10. The van der Waals surface area contributed by atoms with E-state index >= 15 is 0 Å². The highest BCUT2D eigenvalue weighted by atomic mass is 32.2. The second-order valence-electron chi connectivity index (χ2n) is 9.04. The highest BCUT2D eigenvalue weighted by Gasteiger charge is 2.51. The molecule has 174 valence electrons. The summed E-state index contributed by atoms with van der Waals surface area (Å²) in [5, 5.41) is 1.04. The van der Waals surface area contributed by atoms with Crippen LogP contribution < -0.4 is 10.4 Å². The average molecular weight is 481 g/mol. The van der Waals surface area contributed by atoms with E-state index in [1.54, 1.807) is 12.1 Å². The lowest BCUT2D eigenvalue weighted by molar-refractivity contribution is 0.289. The molecule has 1 heterocycles. The zero-order valence-electron chi connectivity index (χ0n) is 19.5. The lowest BCUT2D eigenvalue weighted by Crippen LogP contribution is -2.67. The molecule has 0 radical (unpaired) electrons. The number of nitrogens with zero attached hydrogens (tertiary/aromatic N) is 2. The Balaban J connectivity index is 2.09. The molecule has 1 unspecified atom stereocenters. The Morgan fingerprint density at radius 1 is 0.939 bits per heavy atom. The molecule has 0 saturated carbocycles. The molecular formula is C26H32N2O3SSi. The van der Waals surface area contributed by atoms with E-state index in [4.69, 9.17) is 4.43 Å². The van der Waals surface area contributed by atoms with Crippen LogP contribution in [0.1, 0.15) is 33.6 Å². The lowest BCUT2D eigenvalue weighted by Gasteiger charge is -2.43. The maximum atomic E-state index is 13.5. The molecule has 0 N–H and O–H groups in total. The molecule has 1 atom stereocenters. The van der Waals surface area contributed by atoms with E-state index in [1.807, 2.05) is 36.4 Å². The number of hydrogen-bond donors (Lipinski definition) is 0. The Kier molecular flexibility index (Phi) is 7.99. The Morgan fingerprint density at radius 2 is 1.45 bits per heavy atom. The van der Waals surface area contributed by atoms with Crippen molar-refractivity contribution in [2.24, 2.45) is 0 Å². The van der Waals surface area contributed by atoms with Crippen LogP contribution in [-0.2, 0) is 14.3 Å². The molecule has 7 heteroatoms. The highest BCUT2D eigenvalue weighted by Crippen LogP contribution is 2.37. The predicted octanol–water partition coefficient (Wildman–Crippen LogP) is 4.16. The number of aromatic nitrogens is 2. The maximum absolute atomic E-state index is 13.5. The van der Waals surface area contributed by atoms with Crippen molar-refractivity contribution >= 4 is 28.5 Å². The molecule has 0 amide bonds. The zero-order valence-corrected chi connectivity index (χ0v) is 21.3. The van der Waals surface area contributed by atoms with Crippen LogP contribution in [0.3, 0.4) is 0 Å². The summed E-state index contributed by atoms with van der Waals surface area (Å²) in [5.41, 5.74) is 0. The van der Waals surface area contributed by atoms with Gasteiger partial charge in [0.25, 0.3) is 8.32 Å². The van der Waals surface area contributed by atoms with E-state index in [-0.39, 0.29) is 16.8 Å². The quantitative estimate of drug-likeness (QED) is 0.248. The van der Waals surface area contributed by atoms with Crippen LogP contribution in [0.15, 0.2) is 96.9 Å². The Morgan fingerprint density at radius 3 is 1.91 bits per heavy atom. The molecule has 0 bridgehead atoms. The molecule has 2 aromatic carbocycles. The summed E-state index contributed by atoms with van der Waals surface area (Å²) in [6, 6.07) is 22.0. The van der Waals surface area contributed by atoms with Crippen LogP contribution in [0, 0.1) is 0 Å². The lowest BCUT2D eigenvalue weighted by atomic mass is 10.2. The van der Waals surface area contributed by atoms with E-state index < -0.39 is 23.4 Å². The van der Waals surface area contributed by atoms with E-state index in [9.17, 15) is 8.42 Å². The monoisotopic (exact) mass is 480 g/mol. The normalized spacial score (nSPS) is 13.4. The Hall–Kier alpha value is -2.61. The molecule has 3 aromatic rings. The summed E-state index contributed by atoms with van der Waals surface area (Å²) in [4.78, 5) is 8.04. The van der Waals surface area contributed by atoms with Gasteiger partial charge in [-0.3, -0.25) is 0 Å². The first-order valence-corrected chi connectivity index (χ1v) is 14.6. The number of hydrogen-bond acceptors (Lipinski definition) is 5. The van der Waals surface area contributed by atoms with Gasteiger partial charge in [0.15, 0.2) is 0 Å². The molecular weight excluding hydrogens is 448 g/mol. The van der Waals surface area contributed by atoms with Crippen LogP contribution in [0.25, 0.3) is 0 Å². The fourth-order valence-corrected chi connectivity index (χ4v) is 10.3. The number of allylic oxidation sites excluding steroid dienone is 1. The molecule has 0 fully saturated rings. The summed E-state index contributed by atoms with van der Waals surface area (Å²) in [7, 11) is -6.64. The van der Waals surface area contributed by atoms with E-state index in [1.165, 1.54) is 12.4 Å². The summed E-state index contributed by atoms with van der Waals surface area (Å²) in [5.74, 6) is 0. The van der Waals surface area contributed by atoms with Crippen LogP contribution in [-0.4, -0.2) is 38.6 Å². The van der Waals surface area contributed by atoms with Gasteiger partial charge < -0.3 is 4.43 Å². The van der Waals surface area contributed by atoms with Crippen molar-refractivity contribution in [2.75, 3.05) is 6.61 Å². The summed E-state index contributed by atoms with van der Waals surface area (Å²) in [6.07, 6.45) is 5.58. The van der Waals surface area contributed by atoms with Crippen LogP contribution in [0.5, 0.6) is 0 Å². The average Bonchev–Trinajstić information content (AvgIpc) is 2.82. The first-order chi connectivity index (χ1) is 15.7. The van der Waals surface area contributed by atoms with E-state index in [2.05, 4.69) is 61.6 Å². The maximum Gasteiger partial charge on any atom is 0.261 e. The molecule has 0 aliphatic rings. The molecule has 0 aliphatic heterocycles. The third kappa shape index (κ3) is 5.32. The highest BCUT2D eigenvalue weighted by molar-refractivity contribution is 7.91. The van der Waals surface area contributed by atoms with Crippen LogP contribution in [0.4, 0.5) is 0 Å². The van der Waals surface area contributed by atoms with Crippen LogP contribution >= 0.6 is 0 Å². The minimum atomic E-state index is -3.78. The van der Waals surface area contributed by atoms with Gasteiger partial charge in [-0.15, -0.1) is 6.58 Å². The minimum Gasteiger partial charge on any atom is -0.406 e. The van der Waals surface area contributed by atoms with Gasteiger partial charge in [0.1, 0.15) is 0 Å². The van der Waals surface area contributed by atoms with Gasteiger partial charge in [-0.1, -0.05) is 87.5 Å². The number of sulfone groups is 1. The van der Waals surface area contributed by atoms with E-state index in [0.29, 0.717) is 12.8 Å². The molecule has 0 saturated heterocycles. The predicted molar refractivity (Wildman–Crippen MR) is 136 cm³/mol. The van der Waals surface area contributed by atoms with Crippen LogP contribution in [0.2, 0.25) is 5.04 Å².